The summed E-state index contributed by atoms with van der Waals surface area (Å²) in [5.41, 5.74) is 1.55. The number of carbonyl (C=O) groups is 1. The highest BCUT2D eigenvalue weighted by molar-refractivity contribution is 9.09. The molecule has 1 aliphatic heterocycles. The van der Waals surface area contributed by atoms with Crippen molar-refractivity contribution < 1.29 is 9.53 Å². The summed E-state index contributed by atoms with van der Waals surface area (Å²) in [7, 11) is 0. The zero-order chi connectivity index (χ0) is 13.1. The number of halogens is 1. The van der Waals surface area contributed by atoms with Crippen LogP contribution in [0.5, 0.6) is 0 Å². The second kappa shape index (κ2) is 5.84. The molecular formula is C12H18BrN3O2. The monoisotopic (exact) mass is 315 g/mol. The van der Waals surface area contributed by atoms with E-state index in [9.17, 15) is 4.79 Å². The Morgan fingerprint density at radius 2 is 2.44 bits per heavy atom. The first-order chi connectivity index (χ1) is 8.67. The van der Waals surface area contributed by atoms with E-state index in [0.29, 0.717) is 32.0 Å². The highest BCUT2D eigenvalue weighted by Gasteiger charge is 2.29. The third-order valence-electron chi connectivity index (χ3n) is 3.09. The van der Waals surface area contributed by atoms with E-state index in [-0.39, 0.29) is 11.9 Å². The van der Waals surface area contributed by atoms with Crippen molar-refractivity contribution in [2.75, 3.05) is 25.1 Å². The SMILES string of the molecule is CCn1nc(C)cc1C(=O)N1CCOCC1CBr. The lowest BCUT2D eigenvalue weighted by Crippen LogP contribution is -2.50. The van der Waals surface area contributed by atoms with Gasteiger partial charge in [0.05, 0.1) is 24.9 Å². The van der Waals surface area contributed by atoms with Crippen molar-refractivity contribution >= 4 is 21.8 Å². The molecular weight excluding hydrogens is 298 g/mol. The number of hydrogen-bond acceptors (Lipinski definition) is 3. The highest BCUT2D eigenvalue weighted by atomic mass is 79.9. The minimum Gasteiger partial charge on any atom is -0.377 e. The molecule has 1 aliphatic rings. The predicted octanol–water partition coefficient (Wildman–Crippen LogP) is 1.45. The van der Waals surface area contributed by atoms with Crippen molar-refractivity contribution in [1.29, 1.82) is 0 Å². The third kappa shape index (κ3) is 2.59. The summed E-state index contributed by atoms with van der Waals surface area (Å²) in [6.45, 7) is 6.45. The molecule has 0 spiro atoms. The molecule has 2 heterocycles. The summed E-state index contributed by atoms with van der Waals surface area (Å²) in [5.74, 6) is 0.0465. The predicted molar refractivity (Wildman–Crippen MR) is 72.1 cm³/mol. The number of aromatic nitrogens is 2. The molecule has 1 aromatic rings. The molecule has 0 radical (unpaired) electrons. The average Bonchev–Trinajstić information content (AvgIpc) is 2.79. The topological polar surface area (TPSA) is 47.4 Å². The minimum atomic E-state index is 0.0465. The number of aryl methyl sites for hydroxylation is 2. The summed E-state index contributed by atoms with van der Waals surface area (Å²) in [5, 5.41) is 5.06. The summed E-state index contributed by atoms with van der Waals surface area (Å²) in [6, 6.07) is 1.96. The number of alkyl halides is 1. The standard InChI is InChI=1S/C12H18BrN3O2/c1-3-16-11(6-9(2)14-16)12(17)15-4-5-18-8-10(15)7-13/h6,10H,3-5,7-8H2,1-2H3. The van der Waals surface area contributed by atoms with Gasteiger partial charge in [-0.3, -0.25) is 9.48 Å². The zero-order valence-electron chi connectivity index (χ0n) is 10.7. The molecule has 18 heavy (non-hydrogen) atoms. The van der Waals surface area contributed by atoms with Gasteiger partial charge in [0, 0.05) is 18.4 Å². The third-order valence-corrected chi connectivity index (χ3v) is 3.83. The average molecular weight is 316 g/mol. The van der Waals surface area contributed by atoms with Crippen LogP contribution >= 0.6 is 15.9 Å². The molecule has 1 atom stereocenters. The van der Waals surface area contributed by atoms with Gasteiger partial charge >= 0.3 is 0 Å². The van der Waals surface area contributed by atoms with Gasteiger partial charge in [-0.15, -0.1) is 0 Å². The molecule has 0 aromatic carbocycles. The number of morpholine rings is 1. The van der Waals surface area contributed by atoms with Gasteiger partial charge in [-0.05, 0) is 19.9 Å². The molecule has 0 saturated carbocycles. The molecule has 1 aromatic heterocycles. The van der Waals surface area contributed by atoms with Crippen LogP contribution in [0.2, 0.25) is 0 Å². The lowest BCUT2D eigenvalue weighted by atomic mass is 10.2. The van der Waals surface area contributed by atoms with Crippen molar-refractivity contribution in [1.82, 2.24) is 14.7 Å². The first-order valence-electron chi connectivity index (χ1n) is 6.16. The van der Waals surface area contributed by atoms with Crippen molar-refractivity contribution in [3.8, 4) is 0 Å². The number of nitrogens with zero attached hydrogens (tertiary/aromatic N) is 3. The van der Waals surface area contributed by atoms with E-state index < -0.39 is 0 Å². The van der Waals surface area contributed by atoms with Crippen LogP contribution in [-0.4, -0.2) is 51.7 Å². The van der Waals surface area contributed by atoms with Gasteiger partial charge in [0.15, 0.2) is 0 Å². The van der Waals surface area contributed by atoms with Crippen LogP contribution in [0.1, 0.15) is 23.1 Å². The molecule has 5 nitrogen and oxygen atoms in total. The van der Waals surface area contributed by atoms with Gasteiger partial charge in [0.1, 0.15) is 5.69 Å². The molecule has 0 N–H and O–H groups in total. The van der Waals surface area contributed by atoms with Crippen molar-refractivity contribution in [3.05, 3.63) is 17.5 Å². The van der Waals surface area contributed by atoms with E-state index in [2.05, 4.69) is 21.0 Å². The van der Waals surface area contributed by atoms with Gasteiger partial charge < -0.3 is 9.64 Å². The highest BCUT2D eigenvalue weighted by Crippen LogP contribution is 2.15. The molecule has 0 bridgehead atoms. The van der Waals surface area contributed by atoms with Gasteiger partial charge in [-0.25, -0.2) is 0 Å². The molecule has 1 unspecified atom stereocenters. The van der Waals surface area contributed by atoms with Crippen LogP contribution in [0.15, 0.2) is 6.07 Å². The Kier molecular flexibility index (Phi) is 4.40. The van der Waals surface area contributed by atoms with Gasteiger partial charge in [0.2, 0.25) is 0 Å². The molecule has 100 valence electrons. The maximum atomic E-state index is 12.6. The first-order valence-corrected chi connectivity index (χ1v) is 7.28. The van der Waals surface area contributed by atoms with Gasteiger partial charge in [0.25, 0.3) is 5.91 Å². The fraction of sp³-hybridized carbons (Fsp3) is 0.667. The summed E-state index contributed by atoms with van der Waals surface area (Å²) in [4.78, 5) is 14.4. The number of rotatable bonds is 3. The molecule has 1 saturated heterocycles. The molecule has 2 rings (SSSR count). The van der Waals surface area contributed by atoms with Crippen LogP contribution in [0.25, 0.3) is 0 Å². The number of amides is 1. The lowest BCUT2D eigenvalue weighted by Gasteiger charge is -2.34. The number of ether oxygens (including phenoxy) is 1. The van der Waals surface area contributed by atoms with E-state index in [1.54, 1.807) is 4.68 Å². The quantitative estimate of drug-likeness (QED) is 0.793. The molecule has 6 heteroatoms. The van der Waals surface area contributed by atoms with Crippen LogP contribution in [-0.2, 0) is 11.3 Å². The maximum absolute atomic E-state index is 12.6. The Balaban J connectivity index is 2.23. The Morgan fingerprint density at radius 1 is 1.67 bits per heavy atom. The first kappa shape index (κ1) is 13.5. The van der Waals surface area contributed by atoms with Crippen molar-refractivity contribution in [2.45, 2.75) is 26.4 Å². The summed E-state index contributed by atoms with van der Waals surface area (Å²) >= 11 is 3.44. The largest absolute Gasteiger partial charge is 0.377 e. The van der Waals surface area contributed by atoms with E-state index >= 15 is 0 Å². The van der Waals surface area contributed by atoms with Crippen molar-refractivity contribution in [2.24, 2.45) is 0 Å². The molecule has 0 aliphatic carbocycles. The lowest BCUT2D eigenvalue weighted by molar-refractivity contribution is 0.00459. The van der Waals surface area contributed by atoms with Crippen LogP contribution in [0.3, 0.4) is 0 Å². The van der Waals surface area contributed by atoms with Gasteiger partial charge in [-0.1, -0.05) is 15.9 Å². The smallest absolute Gasteiger partial charge is 0.272 e. The Morgan fingerprint density at radius 3 is 3.11 bits per heavy atom. The van der Waals surface area contributed by atoms with E-state index in [4.69, 9.17) is 4.74 Å². The molecule has 1 fully saturated rings. The van der Waals surface area contributed by atoms with E-state index in [0.717, 1.165) is 11.0 Å². The number of carbonyl (C=O) groups excluding carboxylic acids is 1. The normalized spacial score (nSPS) is 20.2. The van der Waals surface area contributed by atoms with Crippen LogP contribution < -0.4 is 0 Å². The maximum Gasteiger partial charge on any atom is 0.272 e. The Labute approximate surface area is 115 Å². The molecule has 1 amide bonds. The fourth-order valence-corrected chi connectivity index (χ4v) is 2.69. The van der Waals surface area contributed by atoms with Gasteiger partial charge in [-0.2, -0.15) is 5.10 Å². The van der Waals surface area contributed by atoms with Crippen LogP contribution in [0.4, 0.5) is 0 Å². The van der Waals surface area contributed by atoms with E-state index in [1.807, 2.05) is 24.8 Å². The van der Waals surface area contributed by atoms with E-state index in [1.165, 1.54) is 0 Å². The minimum absolute atomic E-state index is 0.0465. The second-order valence-electron chi connectivity index (χ2n) is 4.37. The van der Waals surface area contributed by atoms with Crippen LogP contribution in [0, 0.1) is 6.92 Å². The Bertz CT molecular complexity index is 433. The number of hydrogen-bond donors (Lipinski definition) is 0. The fourth-order valence-electron chi connectivity index (χ4n) is 2.16. The summed E-state index contributed by atoms with van der Waals surface area (Å²) in [6.07, 6.45) is 0. The van der Waals surface area contributed by atoms with Crippen molar-refractivity contribution in [3.63, 3.8) is 0 Å². The second-order valence-corrected chi connectivity index (χ2v) is 5.02. The zero-order valence-corrected chi connectivity index (χ0v) is 12.3. The Hall–Kier alpha value is -0.880. The summed E-state index contributed by atoms with van der Waals surface area (Å²) < 4.78 is 7.17.